The van der Waals surface area contributed by atoms with E-state index in [0.29, 0.717) is 15.2 Å². The number of benzene rings is 1. The Morgan fingerprint density at radius 1 is 1.35 bits per heavy atom. The number of aliphatic carboxylic acids is 1. The van der Waals surface area contributed by atoms with Gasteiger partial charge in [0, 0.05) is 22.0 Å². The van der Waals surface area contributed by atoms with Gasteiger partial charge in [-0.2, -0.15) is 0 Å². The average molecular weight is 349 g/mol. The number of hydrogen-bond acceptors (Lipinski definition) is 4. The van der Waals surface area contributed by atoms with Crippen LogP contribution in [0.5, 0.6) is 0 Å². The van der Waals surface area contributed by atoms with E-state index in [9.17, 15) is 9.59 Å². The molecule has 7 heteroatoms. The number of rotatable bonds is 4. The van der Waals surface area contributed by atoms with Crippen molar-refractivity contribution in [1.29, 1.82) is 0 Å². The molecule has 3 rings (SSSR count). The van der Waals surface area contributed by atoms with E-state index < -0.39 is 5.97 Å². The number of carboxylic acids is 1. The van der Waals surface area contributed by atoms with Crippen LogP contribution in [-0.4, -0.2) is 20.6 Å². The predicted octanol–water partition coefficient (Wildman–Crippen LogP) is 3.56. The summed E-state index contributed by atoms with van der Waals surface area (Å²) in [5.41, 5.74) is 1.52. The molecule has 0 spiro atoms. The van der Waals surface area contributed by atoms with Crippen LogP contribution in [0, 0.1) is 6.92 Å². The normalized spacial score (nSPS) is 11.0. The number of aromatic nitrogens is 2. The maximum Gasteiger partial charge on any atom is 0.305 e. The van der Waals surface area contributed by atoms with Crippen molar-refractivity contribution in [3.63, 3.8) is 0 Å². The van der Waals surface area contributed by atoms with Gasteiger partial charge in [0.2, 0.25) is 0 Å². The highest BCUT2D eigenvalue weighted by Crippen LogP contribution is 2.35. The second kappa shape index (κ2) is 6.14. The zero-order chi connectivity index (χ0) is 16.6. The summed E-state index contributed by atoms with van der Waals surface area (Å²) in [5, 5.41) is 9.95. The van der Waals surface area contributed by atoms with Gasteiger partial charge in [-0.15, -0.1) is 11.3 Å². The third-order valence-corrected chi connectivity index (χ3v) is 4.82. The molecule has 0 unspecified atom stereocenters. The summed E-state index contributed by atoms with van der Waals surface area (Å²) in [5.74, 6) is -0.948. The minimum Gasteiger partial charge on any atom is -0.481 e. The van der Waals surface area contributed by atoms with Crippen molar-refractivity contribution >= 4 is 39.1 Å². The summed E-state index contributed by atoms with van der Waals surface area (Å²) in [6.07, 6.45) is 1.29. The molecule has 5 nitrogen and oxygen atoms in total. The van der Waals surface area contributed by atoms with Crippen LogP contribution in [0.3, 0.4) is 0 Å². The molecule has 23 heavy (non-hydrogen) atoms. The Bertz CT molecular complexity index is 944. The average Bonchev–Trinajstić information content (AvgIpc) is 2.84. The molecule has 1 N–H and O–H groups in total. The molecule has 0 aliphatic carbocycles. The van der Waals surface area contributed by atoms with Crippen LogP contribution in [0.1, 0.15) is 11.3 Å². The van der Waals surface area contributed by atoms with Gasteiger partial charge in [-0.25, -0.2) is 4.98 Å². The molecule has 0 radical (unpaired) electrons. The molecule has 0 amide bonds. The largest absolute Gasteiger partial charge is 0.481 e. The first-order valence-corrected chi connectivity index (χ1v) is 8.13. The monoisotopic (exact) mass is 348 g/mol. The highest BCUT2D eigenvalue weighted by Gasteiger charge is 2.17. The van der Waals surface area contributed by atoms with Crippen molar-refractivity contribution in [2.24, 2.45) is 0 Å². The van der Waals surface area contributed by atoms with Crippen LogP contribution in [0.25, 0.3) is 21.3 Å². The number of hydrogen-bond donors (Lipinski definition) is 1. The SMILES string of the molecule is Cc1sc2ncn(CCC(=O)O)c(=O)c2c1-c1ccc(Cl)cc1. The standard InChI is InChI=1S/C16H13ClN2O3S/c1-9-13(10-2-4-11(17)5-3-10)14-15(23-9)18-8-19(16(14)22)7-6-12(20)21/h2-5,8H,6-7H2,1H3,(H,20,21). The van der Waals surface area contributed by atoms with Gasteiger partial charge in [0.15, 0.2) is 0 Å². The molecular weight excluding hydrogens is 336 g/mol. The first-order valence-electron chi connectivity index (χ1n) is 6.93. The first-order chi connectivity index (χ1) is 11.0. The van der Waals surface area contributed by atoms with Crippen LogP contribution < -0.4 is 5.56 Å². The smallest absolute Gasteiger partial charge is 0.305 e. The quantitative estimate of drug-likeness (QED) is 0.782. The molecule has 1 aromatic carbocycles. The van der Waals surface area contributed by atoms with Gasteiger partial charge in [-0.3, -0.25) is 14.2 Å². The Kier molecular flexibility index (Phi) is 4.19. The summed E-state index contributed by atoms with van der Waals surface area (Å²) in [4.78, 5) is 29.4. The Labute approximate surface area is 140 Å². The summed E-state index contributed by atoms with van der Waals surface area (Å²) in [7, 11) is 0. The van der Waals surface area contributed by atoms with E-state index in [1.54, 1.807) is 12.1 Å². The second-order valence-electron chi connectivity index (χ2n) is 5.11. The van der Waals surface area contributed by atoms with E-state index >= 15 is 0 Å². The van der Waals surface area contributed by atoms with Crippen molar-refractivity contribution in [2.75, 3.05) is 0 Å². The molecule has 0 atom stereocenters. The van der Waals surface area contributed by atoms with E-state index in [-0.39, 0.29) is 18.5 Å². The van der Waals surface area contributed by atoms with Gasteiger partial charge in [0.1, 0.15) is 4.83 Å². The van der Waals surface area contributed by atoms with Gasteiger partial charge < -0.3 is 5.11 Å². The fraction of sp³-hybridized carbons (Fsp3) is 0.188. The highest BCUT2D eigenvalue weighted by atomic mass is 35.5. The van der Waals surface area contributed by atoms with Crippen molar-refractivity contribution in [3.05, 3.63) is 50.8 Å². The van der Waals surface area contributed by atoms with E-state index in [1.807, 2.05) is 19.1 Å². The van der Waals surface area contributed by atoms with Gasteiger partial charge in [0.25, 0.3) is 5.56 Å². The lowest BCUT2D eigenvalue weighted by atomic mass is 10.0. The Hall–Kier alpha value is -2.18. The molecule has 2 heterocycles. The number of carbonyl (C=O) groups is 1. The summed E-state index contributed by atoms with van der Waals surface area (Å²) < 4.78 is 1.35. The van der Waals surface area contributed by atoms with Gasteiger partial charge in [0.05, 0.1) is 18.1 Å². The Morgan fingerprint density at radius 3 is 2.70 bits per heavy atom. The van der Waals surface area contributed by atoms with Crippen LogP contribution in [-0.2, 0) is 11.3 Å². The minimum atomic E-state index is -0.948. The minimum absolute atomic E-state index is 0.103. The highest BCUT2D eigenvalue weighted by molar-refractivity contribution is 7.19. The third kappa shape index (κ3) is 3.00. The summed E-state index contributed by atoms with van der Waals surface area (Å²) in [6.45, 7) is 2.05. The lowest BCUT2D eigenvalue weighted by Gasteiger charge is -2.05. The van der Waals surface area contributed by atoms with Crippen LogP contribution in [0.15, 0.2) is 35.4 Å². The number of fused-ring (bicyclic) bond motifs is 1. The zero-order valence-electron chi connectivity index (χ0n) is 12.2. The Morgan fingerprint density at radius 2 is 2.04 bits per heavy atom. The van der Waals surface area contributed by atoms with Crippen LogP contribution >= 0.6 is 22.9 Å². The molecule has 0 aliphatic heterocycles. The first kappa shape index (κ1) is 15.7. The molecule has 118 valence electrons. The molecular formula is C16H13ClN2O3S. The number of aryl methyl sites for hydroxylation is 2. The van der Waals surface area contributed by atoms with Gasteiger partial charge >= 0.3 is 5.97 Å². The number of carboxylic acid groups (broad SMARTS) is 1. The molecule has 2 aromatic heterocycles. The zero-order valence-corrected chi connectivity index (χ0v) is 13.8. The fourth-order valence-electron chi connectivity index (χ4n) is 2.48. The molecule has 3 aromatic rings. The van der Waals surface area contributed by atoms with E-state index in [4.69, 9.17) is 16.7 Å². The molecule has 0 fully saturated rings. The molecule has 0 saturated carbocycles. The maximum absolute atomic E-state index is 12.7. The topological polar surface area (TPSA) is 72.2 Å². The van der Waals surface area contributed by atoms with Crippen molar-refractivity contribution in [3.8, 4) is 11.1 Å². The number of halogens is 1. The maximum atomic E-state index is 12.7. The van der Waals surface area contributed by atoms with E-state index in [1.165, 1.54) is 22.2 Å². The molecule has 0 saturated heterocycles. The third-order valence-electron chi connectivity index (χ3n) is 3.55. The van der Waals surface area contributed by atoms with Crippen molar-refractivity contribution in [1.82, 2.24) is 9.55 Å². The summed E-state index contributed by atoms with van der Waals surface area (Å²) >= 11 is 7.38. The van der Waals surface area contributed by atoms with E-state index in [0.717, 1.165) is 16.0 Å². The fourth-order valence-corrected chi connectivity index (χ4v) is 3.61. The van der Waals surface area contributed by atoms with Crippen molar-refractivity contribution in [2.45, 2.75) is 19.9 Å². The molecule has 0 aliphatic rings. The van der Waals surface area contributed by atoms with Gasteiger partial charge in [-0.1, -0.05) is 23.7 Å². The van der Waals surface area contributed by atoms with E-state index in [2.05, 4.69) is 4.98 Å². The van der Waals surface area contributed by atoms with Gasteiger partial charge in [-0.05, 0) is 24.6 Å². The molecule has 0 bridgehead atoms. The second-order valence-corrected chi connectivity index (χ2v) is 6.75. The Balaban J connectivity index is 2.19. The number of nitrogens with zero attached hydrogens (tertiary/aromatic N) is 2. The summed E-state index contributed by atoms with van der Waals surface area (Å²) in [6, 6.07) is 7.29. The van der Waals surface area contributed by atoms with Crippen LogP contribution in [0.4, 0.5) is 0 Å². The lowest BCUT2D eigenvalue weighted by Crippen LogP contribution is -2.21. The predicted molar refractivity (Wildman–Crippen MR) is 91.3 cm³/mol. The lowest BCUT2D eigenvalue weighted by molar-refractivity contribution is -0.137. The van der Waals surface area contributed by atoms with Crippen LogP contribution in [0.2, 0.25) is 5.02 Å². The number of thiophene rings is 1. The van der Waals surface area contributed by atoms with Crippen molar-refractivity contribution < 1.29 is 9.90 Å².